The molecule has 1 aromatic heterocycles. The van der Waals surface area contributed by atoms with E-state index in [-0.39, 0.29) is 0 Å². The van der Waals surface area contributed by atoms with E-state index in [4.69, 9.17) is 11.6 Å². The molecule has 0 spiro atoms. The zero-order chi connectivity index (χ0) is 16.5. The van der Waals surface area contributed by atoms with Crippen LogP contribution in [0.2, 0.25) is 5.02 Å². The second-order valence-corrected chi connectivity index (χ2v) is 7.27. The predicted octanol–water partition coefficient (Wildman–Crippen LogP) is 5.05. The number of aromatic amines is 1. The molecule has 3 nitrogen and oxygen atoms in total. The first-order valence-corrected chi connectivity index (χ1v) is 8.96. The van der Waals surface area contributed by atoms with Crippen LogP contribution in [0.15, 0.2) is 82.6 Å². The lowest BCUT2D eigenvalue weighted by molar-refractivity contribution is 0.595. The Hall–Kier alpha value is -2.27. The first kappa shape index (κ1) is 15.3. The number of rotatable bonds is 3. The number of para-hydroxylation sites is 2. The average molecular weight is 353 g/mol. The SMILES string of the molecule is [O-][S+](c1ccc(Cl)cc1)c1ccc(-c2nc3ccccc3[nH]2)cc1. The van der Waals surface area contributed by atoms with Gasteiger partial charge in [0.1, 0.15) is 5.82 Å². The zero-order valence-electron chi connectivity index (χ0n) is 12.6. The molecule has 0 fully saturated rings. The van der Waals surface area contributed by atoms with Gasteiger partial charge in [-0.25, -0.2) is 4.98 Å². The third kappa shape index (κ3) is 2.91. The van der Waals surface area contributed by atoms with E-state index < -0.39 is 11.2 Å². The van der Waals surface area contributed by atoms with Gasteiger partial charge in [-0.2, -0.15) is 0 Å². The van der Waals surface area contributed by atoms with Crippen LogP contribution in [-0.2, 0) is 11.2 Å². The van der Waals surface area contributed by atoms with Crippen molar-refractivity contribution in [3.63, 3.8) is 0 Å². The van der Waals surface area contributed by atoms with Crippen LogP contribution in [0.1, 0.15) is 0 Å². The first-order chi connectivity index (χ1) is 11.7. The first-order valence-electron chi connectivity index (χ1n) is 7.43. The summed E-state index contributed by atoms with van der Waals surface area (Å²) in [6, 6.07) is 22.6. The second-order valence-electron chi connectivity index (χ2n) is 5.35. The summed E-state index contributed by atoms with van der Waals surface area (Å²) in [5.41, 5.74) is 2.89. The minimum atomic E-state index is -1.22. The van der Waals surface area contributed by atoms with Gasteiger partial charge in [-0.15, -0.1) is 0 Å². The summed E-state index contributed by atoms with van der Waals surface area (Å²) in [7, 11) is 0. The topological polar surface area (TPSA) is 51.7 Å². The normalized spacial score (nSPS) is 12.4. The Morgan fingerprint density at radius 2 is 1.46 bits per heavy atom. The predicted molar refractivity (Wildman–Crippen MR) is 97.7 cm³/mol. The van der Waals surface area contributed by atoms with Crippen LogP contribution in [0.4, 0.5) is 0 Å². The van der Waals surface area contributed by atoms with E-state index in [1.165, 1.54) is 0 Å². The van der Waals surface area contributed by atoms with Gasteiger partial charge in [-0.05, 0) is 60.7 Å². The van der Waals surface area contributed by atoms with Crippen molar-refractivity contribution in [2.75, 3.05) is 0 Å². The molecule has 1 atom stereocenters. The standard InChI is InChI=1S/C19H13ClN2OS/c20-14-7-11-16(12-8-14)24(23)15-9-5-13(6-10-15)19-21-17-3-1-2-4-18(17)22-19/h1-12H,(H,21,22). The van der Waals surface area contributed by atoms with Crippen LogP contribution < -0.4 is 0 Å². The fraction of sp³-hybridized carbons (Fsp3) is 0. The Balaban J connectivity index is 1.63. The fourth-order valence-corrected chi connectivity index (χ4v) is 3.68. The Labute approximate surface area is 147 Å². The fourth-order valence-electron chi connectivity index (χ4n) is 2.52. The highest BCUT2D eigenvalue weighted by Gasteiger charge is 2.15. The molecular formula is C19H13ClN2OS. The molecule has 1 unspecified atom stereocenters. The summed E-state index contributed by atoms with van der Waals surface area (Å²) >= 11 is 4.65. The molecule has 24 heavy (non-hydrogen) atoms. The maximum absolute atomic E-state index is 12.6. The number of aromatic nitrogens is 2. The summed E-state index contributed by atoms with van der Waals surface area (Å²) in [6.45, 7) is 0. The van der Waals surface area contributed by atoms with E-state index in [1.54, 1.807) is 24.3 Å². The van der Waals surface area contributed by atoms with Crippen molar-refractivity contribution < 1.29 is 4.55 Å². The lowest BCUT2D eigenvalue weighted by Gasteiger charge is -2.10. The number of halogens is 1. The third-order valence-corrected chi connectivity index (χ3v) is 5.41. The molecule has 3 aromatic carbocycles. The molecule has 0 aliphatic rings. The van der Waals surface area contributed by atoms with Crippen LogP contribution in [0.3, 0.4) is 0 Å². The van der Waals surface area contributed by atoms with E-state index >= 15 is 0 Å². The Morgan fingerprint density at radius 3 is 2.12 bits per heavy atom. The van der Waals surface area contributed by atoms with Crippen molar-refractivity contribution in [2.24, 2.45) is 0 Å². The van der Waals surface area contributed by atoms with E-state index in [0.29, 0.717) is 5.02 Å². The number of hydrogen-bond acceptors (Lipinski definition) is 2. The monoisotopic (exact) mass is 352 g/mol. The number of hydrogen-bond donors (Lipinski definition) is 1. The number of benzene rings is 3. The number of fused-ring (bicyclic) bond motifs is 1. The highest BCUT2D eigenvalue weighted by atomic mass is 35.5. The van der Waals surface area contributed by atoms with Crippen LogP contribution in [0, 0.1) is 0 Å². The maximum Gasteiger partial charge on any atom is 0.158 e. The quantitative estimate of drug-likeness (QED) is 0.524. The van der Waals surface area contributed by atoms with Gasteiger partial charge in [0.15, 0.2) is 9.79 Å². The number of nitrogens with one attached hydrogen (secondary N) is 1. The largest absolute Gasteiger partial charge is 0.606 e. The maximum atomic E-state index is 12.6. The second kappa shape index (κ2) is 6.32. The van der Waals surface area contributed by atoms with Crippen molar-refractivity contribution in [1.82, 2.24) is 9.97 Å². The summed E-state index contributed by atoms with van der Waals surface area (Å²) in [4.78, 5) is 9.36. The molecule has 118 valence electrons. The molecule has 4 aromatic rings. The molecule has 0 saturated heterocycles. The van der Waals surface area contributed by atoms with E-state index in [1.807, 2.05) is 48.5 Å². The zero-order valence-corrected chi connectivity index (χ0v) is 14.1. The highest BCUT2D eigenvalue weighted by molar-refractivity contribution is 7.91. The third-order valence-electron chi connectivity index (χ3n) is 3.76. The van der Waals surface area contributed by atoms with Crippen LogP contribution in [-0.4, -0.2) is 14.5 Å². The Kier molecular flexibility index (Phi) is 4.02. The van der Waals surface area contributed by atoms with Gasteiger partial charge in [-0.3, -0.25) is 0 Å². The summed E-state index contributed by atoms with van der Waals surface area (Å²) in [5.74, 6) is 0.806. The molecule has 0 radical (unpaired) electrons. The summed E-state index contributed by atoms with van der Waals surface area (Å²) in [6.07, 6.45) is 0. The van der Waals surface area contributed by atoms with Crippen molar-refractivity contribution in [3.05, 3.63) is 77.8 Å². The van der Waals surface area contributed by atoms with Gasteiger partial charge in [0.2, 0.25) is 0 Å². The van der Waals surface area contributed by atoms with E-state index in [2.05, 4.69) is 9.97 Å². The lowest BCUT2D eigenvalue weighted by atomic mass is 10.2. The van der Waals surface area contributed by atoms with Gasteiger partial charge in [0.05, 0.1) is 11.0 Å². The van der Waals surface area contributed by atoms with Crippen molar-refractivity contribution in [3.8, 4) is 11.4 Å². The minimum Gasteiger partial charge on any atom is -0.606 e. The molecule has 0 amide bonds. The van der Waals surface area contributed by atoms with Crippen molar-refractivity contribution in [1.29, 1.82) is 0 Å². The molecule has 1 heterocycles. The number of nitrogens with zero attached hydrogens (tertiary/aromatic N) is 1. The Morgan fingerprint density at radius 1 is 0.833 bits per heavy atom. The molecule has 1 N–H and O–H groups in total. The van der Waals surface area contributed by atoms with Crippen molar-refractivity contribution in [2.45, 2.75) is 9.79 Å². The molecule has 0 bridgehead atoms. The molecular weight excluding hydrogens is 340 g/mol. The highest BCUT2D eigenvalue weighted by Crippen LogP contribution is 2.26. The number of imidazole rings is 1. The molecule has 4 rings (SSSR count). The van der Waals surface area contributed by atoms with Gasteiger partial charge >= 0.3 is 0 Å². The molecule has 0 aliphatic heterocycles. The smallest absolute Gasteiger partial charge is 0.158 e. The molecule has 5 heteroatoms. The summed E-state index contributed by atoms with van der Waals surface area (Å²) in [5, 5.41) is 0.635. The lowest BCUT2D eigenvalue weighted by Crippen LogP contribution is -2.01. The van der Waals surface area contributed by atoms with E-state index in [0.717, 1.165) is 32.2 Å². The van der Waals surface area contributed by atoms with Crippen molar-refractivity contribution >= 4 is 33.8 Å². The van der Waals surface area contributed by atoms with Gasteiger partial charge in [0.25, 0.3) is 0 Å². The van der Waals surface area contributed by atoms with Crippen LogP contribution in [0.5, 0.6) is 0 Å². The van der Waals surface area contributed by atoms with Crippen LogP contribution >= 0.6 is 11.6 Å². The Bertz CT molecular complexity index is 947. The van der Waals surface area contributed by atoms with E-state index in [9.17, 15) is 4.55 Å². The number of H-pyrrole nitrogens is 1. The molecule has 0 saturated carbocycles. The van der Waals surface area contributed by atoms with Gasteiger partial charge < -0.3 is 9.54 Å². The van der Waals surface area contributed by atoms with Crippen LogP contribution in [0.25, 0.3) is 22.4 Å². The average Bonchev–Trinajstić information content (AvgIpc) is 3.06. The summed E-state index contributed by atoms with van der Waals surface area (Å²) < 4.78 is 12.6. The van der Waals surface area contributed by atoms with Gasteiger partial charge in [-0.1, -0.05) is 23.7 Å². The van der Waals surface area contributed by atoms with Gasteiger partial charge in [0, 0.05) is 21.8 Å². The minimum absolute atomic E-state index is 0.635. The molecule has 0 aliphatic carbocycles.